The minimum Gasteiger partial charge on any atom is -0.477 e. The maximum absolute atomic E-state index is 14.6. The van der Waals surface area contributed by atoms with Gasteiger partial charge in [-0.25, -0.2) is 4.79 Å². The number of nitrogens with zero attached hydrogens (tertiary/aromatic N) is 3. The van der Waals surface area contributed by atoms with Crippen molar-refractivity contribution in [1.82, 2.24) is 19.7 Å². The van der Waals surface area contributed by atoms with Crippen molar-refractivity contribution in [1.29, 1.82) is 0 Å². The number of aryl methyl sites for hydroxylation is 1. The molecule has 0 spiro atoms. The topological polar surface area (TPSA) is 267 Å². The number of cyclic esters (lactones) is 1. The van der Waals surface area contributed by atoms with E-state index < -0.39 is 107 Å². The van der Waals surface area contributed by atoms with Gasteiger partial charge in [-0.15, -0.1) is 0 Å². The van der Waals surface area contributed by atoms with Gasteiger partial charge in [0.1, 0.15) is 29.5 Å². The second-order valence-electron chi connectivity index (χ2n) is 24.5. The van der Waals surface area contributed by atoms with Crippen LogP contribution in [0.3, 0.4) is 0 Å². The van der Waals surface area contributed by atoms with Gasteiger partial charge in [-0.3, -0.25) is 14.4 Å². The zero-order valence-electron chi connectivity index (χ0n) is 49.9. The van der Waals surface area contributed by atoms with Crippen LogP contribution in [0.2, 0.25) is 0 Å². The number of aromatic carboxylic acids is 1. The van der Waals surface area contributed by atoms with Crippen LogP contribution in [0.4, 0.5) is 0 Å². The van der Waals surface area contributed by atoms with Crippen LogP contribution in [-0.4, -0.2) is 209 Å². The van der Waals surface area contributed by atoms with Gasteiger partial charge in [0.05, 0.1) is 72.9 Å². The Balaban J connectivity index is 1.10. The van der Waals surface area contributed by atoms with Crippen molar-refractivity contribution in [3.63, 3.8) is 0 Å². The summed E-state index contributed by atoms with van der Waals surface area (Å²) in [6, 6.07) is 4.30. The van der Waals surface area contributed by atoms with E-state index in [9.17, 15) is 44.7 Å². The van der Waals surface area contributed by atoms with E-state index in [4.69, 9.17) is 37.9 Å². The number of fused-ring (bicyclic) bond motifs is 1. The molecule has 2 aromatic rings. The monoisotopic (exact) mass is 1130 g/mol. The van der Waals surface area contributed by atoms with E-state index in [1.807, 2.05) is 75.3 Å². The van der Waals surface area contributed by atoms with Crippen LogP contribution in [0.25, 0.3) is 10.9 Å². The second-order valence-corrected chi connectivity index (χ2v) is 24.5. The number of rotatable bonds is 20. The number of carboxylic acids is 1. The van der Waals surface area contributed by atoms with Crippen molar-refractivity contribution in [3.05, 3.63) is 45.7 Å². The van der Waals surface area contributed by atoms with Crippen LogP contribution in [-0.2, 0) is 53.9 Å². The van der Waals surface area contributed by atoms with Gasteiger partial charge in [-0.2, -0.15) is 0 Å². The lowest BCUT2D eigenvalue weighted by Gasteiger charge is -2.49. The Morgan fingerprint density at radius 2 is 1.60 bits per heavy atom. The minimum absolute atomic E-state index is 0.0431. The molecule has 454 valence electrons. The molecule has 4 fully saturated rings. The summed E-state index contributed by atoms with van der Waals surface area (Å²) in [6.45, 7) is 19.2. The number of ether oxygens (including phenoxy) is 8. The van der Waals surface area contributed by atoms with E-state index in [-0.39, 0.29) is 74.5 Å². The van der Waals surface area contributed by atoms with Crippen LogP contribution in [0.5, 0.6) is 0 Å². The molecule has 0 bridgehead atoms. The van der Waals surface area contributed by atoms with Gasteiger partial charge in [0.25, 0.3) is 0 Å². The summed E-state index contributed by atoms with van der Waals surface area (Å²) in [4.78, 5) is 56.8. The third kappa shape index (κ3) is 15.7. The molecule has 0 radical (unpaired) electrons. The number of pyridine rings is 1. The number of aliphatic hydroxyl groups is 4. The highest BCUT2D eigenvalue weighted by atomic mass is 16.7. The second kappa shape index (κ2) is 27.8. The summed E-state index contributed by atoms with van der Waals surface area (Å²) in [6.07, 6.45) is -3.22. The Morgan fingerprint density at radius 1 is 0.925 bits per heavy atom. The van der Waals surface area contributed by atoms with Crippen LogP contribution >= 0.6 is 0 Å². The molecule has 80 heavy (non-hydrogen) atoms. The summed E-state index contributed by atoms with van der Waals surface area (Å²) in [5.74, 6) is -4.36. The number of carbonyl (C=O) groups excluding carboxylic acids is 2. The van der Waals surface area contributed by atoms with Crippen molar-refractivity contribution in [2.24, 2.45) is 17.8 Å². The number of aromatic nitrogens is 1. The molecule has 4 heterocycles. The number of hydrogen-bond donors (Lipinski definition) is 6. The number of nitrogens with one attached hydrogen (secondary N) is 1. The maximum Gasteiger partial charge on any atom is 0.341 e. The number of carboxylic acid groups (broad SMARTS) is 1. The number of aliphatic hydroxyl groups excluding tert-OH is 2. The van der Waals surface area contributed by atoms with Gasteiger partial charge in [0.15, 0.2) is 12.6 Å². The number of esters is 1. The van der Waals surface area contributed by atoms with Crippen LogP contribution in [0.15, 0.2) is 29.2 Å². The van der Waals surface area contributed by atoms with Gasteiger partial charge in [0.2, 0.25) is 11.3 Å². The Labute approximate surface area is 472 Å². The van der Waals surface area contributed by atoms with Crippen molar-refractivity contribution < 1.29 is 77.8 Å². The molecule has 18 atom stereocenters. The molecular formula is C59H96N4O17. The van der Waals surface area contributed by atoms with Gasteiger partial charge in [0, 0.05) is 68.7 Å². The zero-order chi connectivity index (χ0) is 59.2. The first-order valence-corrected chi connectivity index (χ1v) is 29.0. The molecule has 1 aromatic carbocycles. The highest BCUT2D eigenvalue weighted by Crippen LogP contribution is 2.41. The largest absolute Gasteiger partial charge is 0.477 e. The Kier molecular flexibility index (Phi) is 22.8. The van der Waals surface area contributed by atoms with Crippen molar-refractivity contribution in [3.8, 4) is 0 Å². The lowest BCUT2D eigenvalue weighted by molar-refractivity contribution is -0.311. The Morgan fingerprint density at radius 3 is 2.23 bits per heavy atom. The molecule has 6 rings (SSSR count). The fourth-order valence-electron chi connectivity index (χ4n) is 12.5. The number of benzene rings is 1. The molecule has 0 unspecified atom stereocenters. The van der Waals surface area contributed by atoms with E-state index in [0.717, 1.165) is 23.9 Å². The van der Waals surface area contributed by atoms with Crippen LogP contribution in [0.1, 0.15) is 143 Å². The number of amides is 1. The highest BCUT2D eigenvalue weighted by Gasteiger charge is 2.53. The Hall–Kier alpha value is -3.68. The van der Waals surface area contributed by atoms with Crippen molar-refractivity contribution in [2.75, 3.05) is 61.2 Å². The van der Waals surface area contributed by atoms with Crippen LogP contribution < -0.4 is 10.7 Å². The molecule has 1 amide bonds. The predicted molar refractivity (Wildman–Crippen MR) is 298 cm³/mol. The van der Waals surface area contributed by atoms with Gasteiger partial charge < -0.3 is 83.1 Å². The summed E-state index contributed by atoms with van der Waals surface area (Å²) >= 11 is 0. The molecule has 6 N–H and O–H groups in total. The van der Waals surface area contributed by atoms with E-state index >= 15 is 0 Å². The average molecular weight is 1130 g/mol. The summed E-state index contributed by atoms with van der Waals surface area (Å²) in [7, 11) is 7.12. The SMILES string of the molecule is CC[C@H]1OC(=O)[C@H](C)[C@@H](O[C@H]2C[C@@](C)(OC)[C@H](NC(=O)CCOCCOCCCc3ccc4c(c3)c(=O)c(C(=O)O)cn4C3CC3)[C@H](C)O2)[C@H](C)[C@@H](O[C@@H]2O[C@H](C)C[C@H](N(C)C)[C@H]2O)[C@](C)(O)C[C@@H](C)CN(C)[C@H](C)[C@@H](O)[C@]1(C)O. The third-order valence-electron chi connectivity index (χ3n) is 17.4. The summed E-state index contributed by atoms with van der Waals surface area (Å²) in [5.41, 5.74) is -3.59. The molecular weight excluding hydrogens is 1040 g/mol. The molecule has 4 aliphatic rings. The summed E-state index contributed by atoms with van der Waals surface area (Å²) < 4.78 is 52.4. The quantitative estimate of drug-likeness (QED) is 0.0791. The highest BCUT2D eigenvalue weighted by molar-refractivity contribution is 5.92. The molecule has 1 saturated carbocycles. The van der Waals surface area contributed by atoms with Crippen LogP contribution in [0, 0.1) is 17.8 Å². The first-order valence-electron chi connectivity index (χ1n) is 29.0. The average Bonchev–Trinajstić information content (AvgIpc) is 4.26. The number of methoxy groups -OCH3 is 1. The fourth-order valence-corrected chi connectivity index (χ4v) is 12.5. The standard InChI is InChI=1S/C59H96N4O17/c1-15-45-59(10,72)52(67)37(6)62(13)31-33(2)29-57(8,71)53(80-56-49(66)44(61(11)12)27-34(3)76-56)35(4)50(36(5)55(70)78-45)79-47-30-58(9,73-14)51(38(7)77-47)60-46(64)22-24-75-26-25-74-23-16-17-39-18-21-43-41(28-39)48(65)42(54(68)69)32-63(43)40-19-20-40/h18,21,28,32-38,40,44-45,47,49-53,56,66-67,71-72H,15-17,19-20,22-27,29-31H2,1-14H3,(H,60,64)(H,68,69)/t33-,34-,35+,36-,37-,38+,44+,45-,47+,49-,50+,51-,52-,53-,56+,57-,58-,59-/m1/s1. The normalized spacial score (nSPS) is 37.2. The lowest BCUT2D eigenvalue weighted by atomic mass is 9.77. The molecule has 21 heteroatoms. The smallest absolute Gasteiger partial charge is 0.341 e. The van der Waals surface area contributed by atoms with Crippen molar-refractivity contribution in [2.45, 2.75) is 223 Å². The van der Waals surface area contributed by atoms with Crippen molar-refractivity contribution >= 4 is 28.7 Å². The predicted octanol–water partition coefficient (Wildman–Crippen LogP) is 4.43. The minimum atomic E-state index is -1.86. The van der Waals surface area contributed by atoms with E-state index in [2.05, 4.69) is 5.32 Å². The lowest BCUT2D eigenvalue weighted by Crippen LogP contribution is -2.64. The first-order chi connectivity index (χ1) is 37.5. The van der Waals surface area contributed by atoms with E-state index in [1.165, 1.54) is 20.2 Å². The maximum atomic E-state index is 14.6. The van der Waals surface area contributed by atoms with Gasteiger partial charge in [-0.05, 0) is 138 Å². The van der Waals surface area contributed by atoms with E-state index in [0.29, 0.717) is 44.4 Å². The third-order valence-corrected chi connectivity index (χ3v) is 17.4. The number of carbonyl (C=O) groups is 3. The Bertz CT molecular complexity index is 2430. The molecule has 1 aliphatic carbocycles. The molecule has 1 aromatic heterocycles. The first kappa shape index (κ1) is 65.5. The number of hydrogen-bond acceptors (Lipinski definition) is 18. The van der Waals surface area contributed by atoms with E-state index in [1.54, 1.807) is 40.7 Å². The molecule has 3 saturated heterocycles. The number of likely N-dealkylation sites (N-methyl/N-ethyl adjacent to an activating group) is 2. The zero-order valence-corrected chi connectivity index (χ0v) is 49.9. The fraction of sp³-hybridized carbons (Fsp3) is 0.797. The molecule has 3 aliphatic heterocycles. The van der Waals surface area contributed by atoms with Gasteiger partial charge in [-0.1, -0.05) is 26.8 Å². The summed E-state index contributed by atoms with van der Waals surface area (Å²) in [5, 5.41) is 61.3. The molecule has 21 nitrogen and oxygen atoms in total. The van der Waals surface area contributed by atoms with Gasteiger partial charge >= 0.3 is 11.9 Å².